The maximum atomic E-state index is 10.6. The first-order valence-electron chi connectivity index (χ1n) is 8.55. The number of piperidine rings is 1. The molecule has 0 unspecified atom stereocenters. The van der Waals surface area contributed by atoms with Gasteiger partial charge in [-0.25, -0.2) is 0 Å². The number of benzene rings is 1. The third-order valence-electron chi connectivity index (χ3n) is 6.91. The lowest BCUT2D eigenvalue weighted by Gasteiger charge is -2.58. The summed E-state index contributed by atoms with van der Waals surface area (Å²) in [5, 5.41) is 10.6. The molecule has 2 bridgehead atoms. The second-order valence-electron chi connectivity index (χ2n) is 8.13. The average molecular weight is 314 g/mol. The Bertz CT molecular complexity index is 726. The number of ether oxygens (including phenoxy) is 2. The zero-order valence-electron chi connectivity index (χ0n) is 14.0. The number of hydrogen-bond donors (Lipinski definition) is 1. The van der Waals surface area contributed by atoms with E-state index in [1.807, 2.05) is 12.1 Å². The second kappa shape index (κ2) is 4.11. The first kappa shape index (κ1) is 13.9. The normalized spacial score (nSPS) is 41.2. The first-order valence-corrected chi connectivity index (χ1v) is 8.55. The van der Waals surface area contributed by atoms with E-state index in [0.717, 1.165) is 35.4 Å². The van der Waals surface area contributed by atoms with Crippen LogP contribution in [0.15, 0.2) is 24.3 Å². The highest BCUT2D eigenvalue weighted by Gasteiger charge is 2.67. The van der Waals surface area contributed by atoms with Gasteiger partial charge in [-0.05, 0) is 11.6 Å². The molecule has 0 amide bonds. The number of aliphatic hydroxyl groups is 1. The lowest BCUT2D eigenvalue weighted by Crippen LogP contribution is -2.70. The van der Waals surface area contributed by atoms with E-state index < -0.39 is 6.10 Å². The number of methoxy groups -OCH3 is 1. The highest BCUT2D eigenvalue weighted by atomic mass is 16.5. The van der Waals surface area contributed by atoms with Crippen LogP contribution in [0.4, 0.5) is 0 Å². The van der Waals surface area contributed by atoms with Crippen molar-refractivity contribution in [3.8, 4) is 11.5 Å². The zero-order valence-corrected chi connectivity index (χ0v) is 14.0. The summed E-state index contributed by atoms with van der Waals surface area (Å²) in [6.07, 6.45) is 5.64. The molecule has 4 heteroatoms. The van der Waals surface area contributed by atoms with Gasteiger partial charge in [0.1, 0.15) is 18.2 Å². The molecular formula is C19H24NO3+. The fourth-order valence-electron chi connectivity index (χ4n) is 5.75. The monoisotopic (exact) mass is 314 g/mol. The predicted molar refractivity (Wildman–Crippen MR) is 86.8 cm³/mol. The van der Waals surface area contributed by atoms with E-state index in [1.54, 1.807) is 7.11 Å². The van der Waals surface area contributed by atoms with Gasteiger partial charge in [0, 0.05) is 24.3 Å². The van der Waals surface area contributed by atoms with E-state index >= 15 is 0 Å². The van der Waals surface area contributed by atoms with Gasteiger partial charge in [-0.2, -0.15) is 0 Å². The molecule has 4 aliphatic rings. The molecule has 2 aliphatic carbocycles. The number of hydrogen-bond acceptors (Lipinski definition) is 3. The Hall–Kier alpha value is -1.52. The summed E-state index contributed by atoms with van der Waals surface area (Å²) < 4.78 is 12.9. The van der Waals surface area contributed by atoms with Gasteiger partial charge in [-0.15, -0.1) is 0 Å². The van der Waals surface area contributed by atoms with Crippen LogP contribution < -0.4 is 9.47 Å². The van der Waals surface area contributed by atoms with Crippen molar-refractivity contribution in [2.24, 2.45) is 5.92 Å². The third kappa shape index (κ3) is 1.45. The molecule has 0 saturated carbocycles. The van der Waals surface area contributed by atoms with Gasteiger partial charge in [0.2, 0.25) is 0 Å². The Balaban J connectivity index is 1.82. The Morgan fingerprint density at radius 3 is 2.91 bits per heavy atom. The van der Waals surface area contributed by atoms with Crippen molar-refractivity contribution in [2.45, 2.75) is 36.5 Å². The lowest BCUT2D eigenvalue weighted by molar-refractivity contribution is -0.926. The van der Waals surface area contributed by atoms with E-state index in [4.69, 9.17) is 9.47 Å². The van der Waals surface area contributed by atoms with Crippen LogP contribution in [0.5, 0.6) is 11.5 Å². The van der Waals surface area contributed by atoms with Crippen molar-refractivity contribution < 1.29 is 19.1 Å². The summed E-state index contributed by atoms with van der Waals surface area (Å²) in [5.74, 6) is 2.12. The Labute approximate surface area is 136 Å². The SMILES string of the molecule is COc1ccc2c3c1O[C@@H]1[C@@H](O)C=C[C@H]4[C@H](C2)[N+](C)(C)CC[C@@]314. The van der Waals surface area contributed by atoms with Gasteiger partial charge >= 0.3 is 0 Å². The number of rotatable bonds is 1. The van der Waals surface area contributed by atoms with Crippen molar-refractivity contribution in [2.75, 3.05) is 27.7 Å². The minimum atomic E-state index is -0.538. The van der Waals surface area contributed by atoms with Crippen LogP contribution in [-0.4, -0.2) is 55.6 Å². The highest BCUT2D eigenvalue weighted by Crippen LogP contribution is 2.63. The molecule has 2 aliphatic heterocycles. The van der Waals surface area contributed by atoms with Crippen molar-refractivity contribution >= 4 is 0 Å². The van der Waals surface area contributed by atoms with Gasteiger partial charge in [0.15, 0.2) is 11.5 Å². The van der Waals surface area contributed by atoms with Crippen molar-refractivity contribution in [3.05, 3.63) is 35.4 Å². The predicted octanol–water partition coefficient (Wildman–Crippen LogP) is 1.65. The molecule has 0 aromatic heterocycles. The maximum Gasteiger partial charge on any atom is 0.165 e. The van der Waals surface area contributed by atoms with Crippen LogP contribution in [0, 0.1) is 5.92 Å². The summed E-state index contributed by atoms with van der Waals surface area (Å²) in [5.41, 5.74) is 2.63. The molecule has 1 fully saturated rings. The molecule has 1 aromatic carbocycles. The Kier molecular flexibility index (Phi) is 2.48. The van der Waals surface area contributed by atoms with Crippen molar-refractivity contribution in [1.29, 1.82) is 0 Å². The van der Waals surface area contributed by atoms with Crippen LogP contribution >= 0.6 is 0 Å². The standard InChI is InChI=1S/C19H24NO3/c1-20(2)9-8-19-12-5-6-14(21)18(19)23-17-15(22-3)7-4-11(16(17)19)10-13(12)20/h4-7,12-14,18,21H,8-10H2,1-3H3/q+1/t12-,13-,14-,18+,19+/m0/s1. The van der Waals surface area contributed by atoms with E-state index in [-0.39, 0.29) is 11.5 Å². The van der Waals surface area contributed by atoms with Crippen LogP contribution in [0.1, 0.15) is 17.5 Å². The van der Waals surface area contributed by atoms with Gasteiger partial charge in [0.25, 0.3) is 0 Å². The molecule has 5 atom stereocenters. The highest BCUT2D eigenvalue weighted by molar-refractivity contribution is 5.61. The average Bonchev–Trinajstić information content (AvgIpc) is 2.88. The minimum absolute atomic E-state index is 0.0793. The van der Waals surface area contributed by atoms with Crippen LogP contribution in [0.3, 0.4) is 0 Å². The van der Waals surface area contributed by atoms with E-state index in [0.29, 0.717) is 12.0 Å². The summed E-state index contributed by atoms with van der Waals surface area (Å²) >= 11 is 0. The van der Waals surface area contributed by atoms with E-state index in [1.165, 1.54) is 11.1 Å². The number of nitrogens with zero attached hydrogens (tertiary/aromatic N) is 1. The smallest absolute Gasteiger partial charge is 0.165 e. The molecule has 1 N–H and O–H groups in total. The molecule has 1 spiro atoms. The number of quaternary nitrogens is 1. The number of aliphatic hydroxyl groups excluding tert-OH is 1. The molecule has 0 radical (unpaired) electrons. The second-order valence-corrected chi connectivity index (χ2v) is 8.13. The van der Waals surface area contributed by atoms with Gasteiger partial charge in [0.05, 0.1) is 33.2 Å². The largest absolute Gasteiger partial charge is 0.493 e. The Morgan fingerprint density at radius 1 is 1.30 bits per heavy atom. The fourth-order valence-corrected chi connectivity index (χ4v) is 5.75. The zero-order chi connectivity index (χ0) is 16.0. The van der Waals surface area contributed by atoms with Crippen LogP contribution in [0.25, 0.3) is 0 Å². The number of likely N-dealkylation sites (N-methyl/N-ethyl adjacent to an activating group) is 1. The van der Waals surface area contributed by atoms with Crippen LogP contribution in [0.2, 0.25) is 0 Å². The molecule has 2 heterocycles. The number of likely N-dealkylation sites (tertiary alicyclic amines) is 1. The van der Waals surface area contributed by atoms with Crippen LogP contribution in [-0.2, 0) is 11.8 Å². The molecule has 5 rings (SSSR count). The van der Waals surface area contributed by atoms with Crippen molar-refractivity contribution in [1.82, 2.24) is 0 Å². The first-order chi connectivity index (χ1) is 11.0. The van der Waals surface area contributed by atoms with Gasteiger partial charge < -0.3 is 19.1 Å². The molecule has 4 nitrogen and oxygen atoms in total. The van der Waals surface area contributed by atoms with Gasteiger partial charge in [-0.1, -0.05) is 18.2 Å². The third-order valence-corrected chi connectivity index (χ3v) is 6.91. The van der Waals surface area contributed by atoms with E-state index in [9.17, 15) is 5.11 Å². The molecule has 1 aromatic rings. The molecule has 1 saturated heterocycles. The summed E-state index contributed by atoms with van der Waals surface area (Å²) in [7, 11) is 6.38. The van der Waals surface area contributed by atoms with Gasteiger partial charge in [-0.3, -0.25) is 0 Å². The lowest BCUT2D eigenvalue weighted by atomic mass is 9.53. The summed E-state index contributed by atoms with van der Waals surface area (Å²) in [4.78, 5) is 0. The summed E-state index contributed by atoms with van der Waals surface area (Å²) in [6, 6.07) is 4.79. The molecule has 122 valence electrons. The maximum absolute atomic E-state index is 10.6. The Morgan fingerprint density at radius 2 is 2.13 bits per heavy atom. The summed E-state index contributed by atoms with van der Waals surface area (Å²) in [6.45, 7) is 1.12. The minimum Gasteiger partial charge on any atom is -0.493 e. The quantitative estimate of drug-likeness (QED) is 0.633. The van der Waals surface area contributed by atoms with E-state index in [2.05, 4.69) is 26.2 Å². The molecular weight excluding hydrogens is 290 g/mol. The molecule has 23 heavy (non-hydrogen) atoms. The topological polar surface area (TPSA) is 38.7 Å². The fraction of sp³-hybridized carbons (Fsp3) is 0.579. The van der Waals surface area contributed by atoms with Crippen molar-refractivity contribution in [3.63, 3.8) is 0 Å².